The Kier molecular flexibility index (Phi) is 7.44. The van der Waals surface area contributed by atoms with Crippen molar-refractivity contribution in [1.82, 2.24) is 0 Å². The lowest BCUT2D eigenvalue weighted by Gasteiger charge is -2.37. The molecule has 0 spiro atoms. The summed E-state index contributed by atoms with van der Waals surface area (Å²) < 4.78 is 106. The number of benzene rings is 1. The van der Waals surface area contributed by atoms with E-state index < -0.39 is 36.3 Å². The molecule has 32 heavy (non-hydrogen) atoms. The fourth-order valence-corrected chi connectivity index (χ4v) is 4.00. The van der Waals surface area contributed by atoms with Crippen molar-refractivity contribution in [3.8, 4) is 5.75 Å². The van der Waals surface area contributed by atoms with Crippen LogP contribution in [0.1, 0.15) is 38.2 Å². The van der Waals surface area contributed by atoms with Crippen LogP contribution in [0.5, 0.6) is 5.75 Å². The van der Waals surface area contributed by atoms with Crippen LogP contribution in [0.25, 0.3) is 5.57 Å². The number of rotatable bonds is 6. The van der Waals surface area contributed by atoms with Crippen molar-refractivity contribution in [3.05, 3.63) is 36.2 Å². The summed E-state index contributed by atoms with van der Waals surface area (Å²) in [5, 5.41) is 0. The molecule has 1 saturated heterocycles. The van der Waals surface area contributed by atoms with E-state index >= 15 is 0 Å². The van der Waals surface area contributed by atoms with Crippen molar-refractivity contribution in [3.63, 3.8) is 0 Å². The molecule has 0 aromatic heterocycles. The van der Waals surface area contributed by atoms with Gasteiger partial charge in [0.25, 0.3) is 0 Å². The smallest absolute Gasteiger partial charge is 0.451 e. The van der Waals surface area contributed by atoms with Gasteiger partial charge in [-0.25, -0.2) is 4.39 Å². The Morgan fingerprint density at radius 1 is 1.03 bits per heavy atom. The predicted octanol–water partition coefficient (Wildman–Crippen LogP) is 6.53. The highest BCUT2D eigenvalue weighted by Crippen LogP contribution is 2.41. The Bertz CT molecular complexity index is 795. The van der Waals surface area contributed by atoms with Gasteiger partial charge in [-0.3, -0.25) is 0 Å². The fraction of sp³-hybridized carbons (Fsp3) is 0.636. The summed E-state index contributed by atoms with van der Waals surface area (Å²) >= 11 is 0. The van der Waals surface area contributed by atoms with Crippen LogP contribution in [-0.4, -0.2) is 38.0 Å². The largest absolute Gasteiger partial charge is 0.460 e. The van der Waals surface area contributed by atoms with Gasteiger partial charge in [-0.15, -0.1) is 0 Å². The maximum Gasteiger partial charge on any atom is 0.460 e. The van der Waals surface area contributed by atoms with Crippen LogP contribution in [0.4, 0.5) is 30.7 Å². The van der Waals surface area contributed by atoms with Crippen LogP contribution in [-0.2, 0) is 9.47 Å². The summed E-state index contributed by atoms with van der Waals surface area (Å²) in [6, 6.07) is 2.70. The SMILES string of the molecule is C=C(c1ccc(OC(F)C(F)(F)C(F)(F)F)c(F)c1)C1OCC(C2CCC(C)CC2)CO1. The topological polar surface area (TPSA) is 27.7 Å². The van der Waals surface area contributed by atoms with E-state index in [9.17, 15) is 30.7 Å². The Morgan fingerprint density at radius 3 is 2.16 bits per heavy atom. The third-order valence-electron chi connectivity index (χ3n) is 6.13. The second-order valence-electron chi connectivity index (χ2n) is 8.50. The highest BCUT2D eigenvalue weighted by molar-refractivity contribution is 5.66. The second-order valence-corrected chi connectivity index (χ2v) is 8.50. The molecule has 1 atom stereocenters. The standard InChI is InChI=1S/C22H25F7O3/c1-12-3-5-14(6-4-12)16-10-30-19(31-11-16)13(2)15-7-8-18(17(23)9-15)32-20(24)21(25,26)22(27,28)29/h7-9,12,14,16,19-20H,2-6,10-11H2,1H3. The molecule has 2 fully saturated rings. The summed E-state index contributed by atoms with van der Waals surface area (Å²) in [5.74, 6) is -6.73. The highest BCUT2D eigenvalue weighted by Gasteiger charge is 2.65. The van der Waals surface area contributed by atoms with Gasteiger partial charge in [0.2, 0.25) is 0 Å². The van der Waals surface area contributed by atoms with Crippen molar-refractivity contribution in [2.24, 2.45) is 17.8 Å². The van der Waals surface area contributed by atoms with Crippen LogP contribution in [0.3, 0.4) is 0 Å². The Hall–Kier alpha value is -1.81. The zero-order chi connectivity index (χ0) is 23.7. The lowest BCUT2D eigenvalue weighted by atomic mass is 9.76. The second kappa shape index (κ2) is 9.59. The molecule has 1 aliphatic carbocycles. The molecule has 1 aromatic carbocycles. The van der Waals surface area contributed by atoms with Crippen molar-refractivity contribution in [2.45, 2.75) is 57.4 Å². The van der Waals surface area contributed by atoms with E-state index in [0.29, 0.717) is 19.1 Å². The first-order chi connectivity index (χ1) is 14.9. The lowest BCUT2D eigenvalue weighted by molar-refractivity contribution is -0.328. The number of hydrogen-bond acceptors (Lipinski definition) is 3. The van der Waals surface area contributed by atoms with Crippen LogP contribution in [0.2, 0.25) is 0 Å². The number of ether oxygens (including phenoxy) is 3. The van der Waals surface area contributed by atoms with Gasteiger partial charge < -0.3 is 14.2 Å². The zero-order valence-electron chi connectivity index (χ0n) is 17.4. The van der Waals surface area contributed by atoms with E-state index in [1.807, 2.05) is 0 Å². The summed E-state index contributed by atoms with van der Waals surface area (Å²) in [7, 11) is 0. The third-order valence-corrected chi connectivity index (χ3v) is 6.13. The Balaban J connectivity index is 1.58. The molecule has 0 amide bonds. The van der Waals surface area contributed by atoms with Gasteiger partial charge in [0.1, 0.15) is 0 Å². The normalized spacial score (nSPS) is 28.2. The van der Waals surface area contributed by atoms with Crippen LogP contribution in [0.15, 0.2) is 24.8 Å². The first-order valence-electron chi connectivity index (χ1n) is 10.4. The van der Waals surface area contributed by atoms with Gasteiger partial charge in [0, 0.05) is 11.5 Å². The predicted molar refractivity (Wildman–Crippen MR) is 102 cm³/mol. The summed E-state index contributed by atoms with van der Waals surface area (Å²) in [4.78, 5) is 0. The molecule has 3 rings (SSSR count). The van der Waals surface area contributed by atoms with Gasteiger partial charge in [0.05, 0.1) is 13.2 Å². The van der Waals surface area contributed by atoms with E-state index in [-0.39, 0.29) is 17.1 Å². The molecule has 2 aliphatic rings. The molecule has 0 bridgehead atoms. The van der Waals surface area contributed by atoms with Gasteiger partial charge in [-0.2, -0.15) is 26.3 Å². The molecule has 1 aromatic rings. The maximum absolute atomic E-state index is 14.2. The fourth-order valence-electron chi connectivity index (χ4n) is 4.00. The Labute approximate surface area is 181 Å². The summed E-state index contributed by atoms with van der Waals surface area (Å²) in [5.41, 5.74) is 0.395. The van der Waals surface area contributed by atoms with E-state index in [1.54, 1.807) is 0 Å². The molecular weight excluding hydrogens is 445 g/mol. The quantitative estimate of drug-likeness (QED) is 0.443. The monoisotopic (exact) mass is 470 g/mol. The van der Waals surface area contributed by atoms with Gasteiger partial charge in [-0.05, 0) is 42.4 Å². The summed E-state index contributed by atoms with van der Waals surface area (Å²) in [6.45, 7) is 6.92. The van der Waals surface area contributed by atoms with Gasteiger partial charge >= 0.3 is 18.5 Å². The van der Waals surface area contributed by atoms with Crippen molar-refractivity contribution < 1.29 is 44.9 Å². The van der Waals surface area contributed by atoms with Crippen molar-refractivity contribution in [1.29, 1.82) is 0 Å². The van der Waals surface area contributed by atoms with Crippen LogP contribution < -0.4 is 4.74 Å². The number of hydrogen-bond donors (Lipinski definition) is 0. The minimum Gasteiger partial charge on any atom is -0.451 e. The average molecular weight is 470 g/mol. The van der Waals surface area contributed by atoms with Gasteiger partial charge in [-0.1, -0.05) is 32.4 Å². The molecule has 1 unspecified atom stereocenters. The maximum atomic E-state index is 14.2. The molecule has 1 heterocycles. The molecule has 3 nitrogen and oxygen atoms in total. The minimum absolute atomic E-state index is 0.155. The lowest BCUT2D eigenvalue weighted by Crippen LogP contribution is -2.47. The number of alkyl halides is 6. The molecule has 10 heteroatoms. The van der Waals surface area contributed by atoms with E-state index in [2.05, 4.69) is 18.2 Å². The Morgan fingerprint density at radius 2 is 1.62 bits per heavy atom. The average Bonchev–Trinajstić information content (AvgIpc) is 2.74. The molecule has 0 radical (unpaired) electrons. The third kappa shape index (κ3) is 5.39. The van der Waals surface area contributed by atoms with Crippen LogP contribution >= 0.6 is 0 Å². The van der Waals surface area contributed by atoms with Crippen LogP contribution in [0, 0.1) is 23.6 Å². The molecule has 0 N–H and O–H groups in total. The summed E-state index contributed by atoms with van der Waals surface area (Å²) in [6.07, 6.45) is -6.58. The molecular formula is C22H25F7O3. The molecule has 1 saturated carbocycles. The van der Waals surface area contributed by atoms with Crippen molar-refractivity contribution in [2.75, 3.05) is 13.2 Å². The first-order valence-corrected chi connectivity index (χ1v) is 10.4. The van der Waals surface area contributed by atoms with E-state index in [0.717, 1.165) is 37.0 Å². The first kappa shape index (κ1) is 24.8. The zero-order valence-corrected chi connectivity index (χ0v) is 17.4. The van der Waals surface area contributed by atoms with E-state index in [4.69, 9.17) is 9.47 Å². The minimum atomic E-state index is -6.18. The highest BCUT2D eigenvalue weighted by atomic mass is 19.4. The van der Waals surface area contributed by atoms with E-state index in [1.165, 1.54) is 12.8 Å². The van der Waals surface area contributed by atoms with Crippen molar-refractivity contribution >= 4 is 5.57 Å². The molecule has 1 aliphatic heterocycles. The number of halogens is 7. The molecule has 180 valence electrons. The van der Waals surface area contributed by atoms with Gasteiger partial charge in [0.15, 0.2) is 17.9 Å².